The Morgan fingerprint density at radius 1 is 1.03 bits per heavy atom. The molecule has 0 amide bonds. The van der Waals surface area contributed by atoms with Gasteiger partial charge in [-0.25, -0.2) is 9.78 Å². The van der Waals surface area contributed by atoms with Gasteiger partial charge in [0.1, 0.15) is 0 Å². The van der Waals surface area contributed by atoms with Crippen molar-refractivity contribution in [3.05, 3.63) is 71.3 Å². The summed E-state index contributed by atoms with van der Waals surface area (Å²) in [4.78, 5) is 16.7. The van der Waals surface area contributed by atoms with E-state index in [-0.39, 0.29) is 5.56 Å². The molecule has 0 unspecified atom stereocenters. The quantitative estimate of drug-likeness (QED) is 0.463. The van der Waals surface area contributed by atoms with Crippen LogP contribution in [0, 0.1) is 0 Å². The van der Waals surface area contributed by atoms with Crippen LogP contribution in [-0.2, 0) is 6.42 Å². The van der Waals surface area contributed by atoms with E-state index < -0.39 is 5.97 Å². The zero-order valence-electron chi connectivity index (χ0n) is 16.7. The second-order valence-electron chi connectivity index (χ2n) is 7.48. The topological polar surface area (TPSA) is 78.9 Å². The van der Waals surface area contributed by atoms with E-state index in [2.05, 4.69) is 48.1 Å². The van der Waals surface area contributed by atoms with Gasteiger partial charge in [0.25, 0.3) is 0 Å². The van der Waals surface area contributed by atoms with Crippen LogP contribution in [0.4, 0.5) is 0 Å². The number of H-pyrrole nitrogens is 1. The summed E-state index contributed by atoms with van der Waals surface area (Å²) in [5.41, 5.74) is 6.09. The normalized spacial score (nSPS) is 11.3. The van der Waals surface area contributed by atoms with Crippen molar-refractivity contribution in [1.82, 2.24) is 15.2 Å². The summed E-state index contributed by atoms with van der Waals surface area (Å²) in [6.45, 7) is 6.38. The van der Waals surface area contributed by atoms with Gasteiger partial charge in [-0.1, -0.05) is 69.3 Å². The van der Waals surface area contributed by atoms with Crippen LogP contribution in [0.3, 0.4) is 0 Å². The highest BCUT2D eigenvalue weighted by atomic mass is 16.4. The minimum absolute atomic E-state index is 0.196. The fourth-order valence-electron chi connectivity index (χ4n) is 3.50. The number of rotatable bonds is 5. The maximum absolute atomic E-state index is 12.1. The average molecular weight is 385 g/mol. The third-order valence-electron chi connectivity index (χ3n) is 5.28. The van der Waals surface area contributed by atoms with E-state index in [0.29, 0.717) is 28.3 Å². The molecule has 0 aliphatic heterocycles. The lowest BCUT2D eigenvalue weighted by molar-refractivity contribution is 0.0699. The van der Waals surface area contributed by atoms with E-state index in [4.69, 9.17) is 0 Å². The molecule has 0 radical (unpaired) electrons. The van der Waals surface area contributed by atoms with Crippen molar-refractivity contribution in [3.63, 3.8) is 0 Å². The number of pyridine rings is 1. The Kier molecular flexibility index (Phi) is 4.89. The Balaban J connectivity index is 1.85. The van der Waals surface area contributed by atoms with Crippen molar-refractivity contribution < 1.29 is 9.90 Å². The van der Waals surface area contributed by atoms with Crippen LogP contribution in [0.15, 0.2) is 54.6 Å². The molecule has 5 heteroatoms. The summed E-state index contributed by atoms with van der Waals surface area (Å²) in [7, 11) is 0. The molecule has 0 saturated carbocycles. The van der Waals surface area contributed by atoms with Gasteiger partial charge in [0.15, 0.2) is 5.65 Å². The van der Waals surface area contributed by atoms with E-state index in [0.717, 1.165) is 17.5 Å². The Bertz CT molecular complexity index is 1170. The molecule has 0 bridgehead atoms. The molecular weight excluding hydrogens is 362 g/mol. The molecule has 2 heterocycles. The van der Waals surface area contributed by atoms with Gasteiger partial charge in [-0.2, -0.15) is 5.10 Å². The first kappa shape index (κ1) is 18.9. The van der Waals surface area contributed by atoms with Crippen molar-refractivity contribution in [1.29, 1.82) is 0 Å². The third kappa shape index (κ3) is 3.51. The van der Waals surface area contributed by atoms with Crippen molar-refractivity contribution in [2.75, 3.05) is 0 Å². The molecule has 2 aromatic carbocycles. The first-order valence-electron chi connectivity index (χ1n) is 9.80. The van der Waals surface area contributed by atoms with Gasteiger partial charge < -0.3 is 5.11 Å². The summed E-state index contributed by atoms with van der Waals surface area (Å²) < 4.78 is 0. The number of aromatic nitrogens is 3. The monoisotopic (exact) mass is 385 g/mol. The van der Waals surface area contributed by atoms with Crippen LogP contribution >= 0.6 is 0 Å². The Morgan fingerprint density at radius 2 is 1.69 bits per heavy atom. The second kappa shape index (κ2) is 7.51. The zero-order chi connectivity index (χ0) is 20.5. The Hall–Kier alpha value is -3.47. The van der Waals surface area contributed by atoms with Crippen molar-refractivity contribution in [2.45, 2.75) is 33.1 Å². The molecule has 0 aliphatic carbocycles. The van der Waals surface area contributed by atoms with Crippen LogP contribution in [0.2, 0.25) is 0 Å². The number of fused-ring (bicyclic) bond motifs is 1. The maximum atomic E-state index is 12.1. The van der Waals surface area contributed by atoms with Gasteiger partial charge in [-0.3, -0.25) is 5.10 Å². The molecule has 2 aromatic heterocycles. The lowest BCUT2D eigenvalue weighted by atomic mass is 9.99. The van der Waals surface area contributed by atoms with Crippen LogP contribution in [0.25, 0.3) is 33.5 Å². The summed E-state index contributed by atoms with van der Waals surface area (Å²) >= 11 is 0. The number of nitrogens with one attached hydrogen (secondary N) is 1. The van der Waals surface area contributed by atoms with Crippen molar-refractivity contribution in [3.8, 4) is 22.5 Å². The highest BCUT2D eigenvalue weighted by Gasteiger charge is 2.19. The number of carbonyl (C=O) groups is 1. The number of carboxylic acid groups (broad SMARTS) is 1. The number of aromatic amines is 1. The van der Waals surface area contributed by atoms with Gasteiger partial charge in [-0.05, 0) is 29.5 Å². The molecular formula is C24H23N3O2. The molecule has 4 rings (SSSR count). The largest absolute Gasteiger partial charge is 0.478 e. The summed E-state index contributed by atoms with van der Waals surface area (Å²) in [5.74, 6) is -0.563. The molecule has 2 N–H and O–H groups in total. The molecule has 4 aromatic rings. The van der Waals surface area contributed by atoms with Crippen LogP contribution in [-0.4, -0.2) is 26.3 Å². The molecule has 0 aliphatic rings. The predicted octanol–water partition coefficient (Wildman–Crippen LogP) is 5.68. The Labute approximate surface area is 169 Å². The predicted molar refractivity (Wildman–Crippen MR) is 115 cm³/mol. The number of hydrogen-bond donors (Lipinski definition) is 2. The van der Waals surface area contributed by atoms with Gasteiger partial charge in [0.05, 0.1) is 22.3 Å². The molecule has 5 nitrogen and oxygen atoms in total. The summed E-state index contributed by atoms with van der Waals surface area (Å²) in [6, 6.07) is 17.7. The first-order valence-corrected chi connectivity index (χ1v) is 9.80. The van der Waals surface area contributed by atoms with E-state index >= 15 is 0 Å². The van der Waals surface area contributed by atoms with Gasteiger partial charge in [0.2, 0.25) is 0 Å². The summed E-state index contributed by atoms with van der Waals surface area (Å²) in [6.07, 6.45) is 0.949. The van der Waals surface area contributed by atoms with Crippen LogP contribution in [0.1, 0.15) is 48.2 Å². The first-order chi connectivity index (χ1) is 14.0. The van der Waals surface area contributed by atoms with Gasteiger partial charge in [0, 0.05) is 11.1 Å². The van der Waals surface area contributed by atoms with Gasteiger partial charge >= 0.3 is 5.97 Å². The minimum Gasteiger partial charge on any atom is -0.478 e. The Morgan fingerprint density at radius 3 is 2.28 bits per heavy atom. The standard InChI is InChI=1S/C24H23N3O2/c1-4-15-5-7-18(8-6-15)22-21-19(24(28)29)13-20(25-23(21)27-26-22)17-11-9-16(10-12-17)14(2)3/h5-14H,4H2,1-3H3,(H,28,29)(H,25,26,27). The lowest BCUT2D eigenvalue weighted by Crippen LogP contribution is -2.00. The number of carboxylic acids is 1. The smallest absolute Gasteiger partial charge is 0.336 e. The number of nitrogens with zero attached hydrogens (tertiary/aromatic N) is 2. The average Bonchev–Trinajstić information content (AvgIpc) is 3.17. The van der Waals surface area contributed by atoms with E-state index in [1.807, 2.05) is 36.4 Å². The number of aromatic carboxylic acids is 1. The molecule has 0 atom stereocenters. The minimum atomic E-state index is -0.995. The lowest BCUT2D eigenvalue weighted by Gasteiger charge is -2.08. The highest BCUT2D eigenvalue weighted by molar-refractivity contribution is 6.08. The molecule has 0 saturated heterocycles. The fourth-order valence-corrected chi connectivity index (χ4v) is 3.50. The highest BCUT2D eigenvalue weighted by Crippen LogP contribution is 2.32. The van der Waals surface area contributed by atoms with Gasteiger partial charge in [-0.15, -0.1) is 0 Å². The molecule has 0 fully saturated rings. The second-order valence-corrected chi connectivity index (χ2v) is 7.48. The van der Waals surface area contributed by atoms with E-state index in [9.17, 15) is 9.90 Å². The zero-order valence-corrected chi connectivity index (χ0v) is 16.7. The number of hydrogen-bond acceptors (Lipinski definition) is 3. The fraction of sp³-hybridized carbons (Fsp3) is 0.208. The molecule has 146 valence electrons. The van der Waals surface area contributed by atoms with E-state index in [1.54, 1.807) is 6.07 Å². The molecule has 0 spiro atoms. The SMILES string of the molecule is CCc1ccc(-c2[nH]nc3nc(-c4ccc(C(C)C)cc4)cc(C(=O)O)c23)cc1. The summed E-state index contributed by atoms with van der Waals surface area (Å²) in [5, 5.41) is 17.7. The maximum Gasteiger partial charge on any atom is 0.336 e. The van der Waals surface area contributed by atoms with E-state index in [1.165, 1.54) is 11.1 Å². The molecule has 29 heavy (non-hydrogen) atoms. The van der Waals surface area contributed by atoms with Crippen molar-refractivity contribution in [2.24, 2.45) is 0 Å². The van der Waals surface area contributed by atoms with Crippen LogP contribution < -0.4 is 0 Å². The number of aryl methyl sites for hydroxylation is 1. The third-order valence-corrected chi connectivity index (χ3v) is 5.28. The number of benzene rings is 2. The van der Waals surface area contributed by atoms with Crippen molar-refractivity contribution >= 4 is 17.0 Å². The van der Waals surface area contributed by atoms with Crippen LogP contribution in [0.5, 0.6) is 0 Å².